The fraction of sp³-hybridized carbons (Fsp3) is 0.360. The molecule has 2 aromatic carbocycles. The van der Waals surface area contributed by atoms with E-state index >= 15 is 0 Å². The maximum absolute atomic E-state index is 13.6. The Morgan fingerprint density at radius 1 is 1.00 bits per heavy atom. The Hall–Kier alpha value is -2.88. The van der Waals surface area contributed by atoms with E-state index in [4.69, 9.17) is 0 Å². The van der Waals surface area contributed by atoms with Gasteiger partial charge in [-0.3, -0.25) is 9.78 Å². The average molecular weight is 388 g/mol. The highest BCUT2D eigenvalue weighted by atomic mass is 16.2. The van der Waals surface area contributed by atoms with Gasteiger partial charge in [0.25, 0.3) is 0 Å². The molecule has 0 radical (unpaired) electrons. The molecular formula is C25H29N3O. The van der Waals surface area contributed by atoms with E-state index in [1.165, 1.54) is 12.0 Å². The molecule has 1 aliphatic rings. The number of carbonyl (C=O) groups excluding carboxylic acids is 1. The molecule has 4 rings (SSSR count). The number of nitrogens with one attached hydrogen (secondary N) is 1. The summed E-state index contributed by atoms with van der Waals surface area (Å²) in [5.41, 5.74) is 3.61. The van der Waals surface area contributed by atoms with Crippen LogP contribution in [0.1, 0.15) is 37.7 Å². The van der Waals surface area contributed by atoms with E-state index in [2.05, 4.69) is 45.5 Å². The first kappa shape index (κ1) is 19.4. The van der Waals surface area contributed by atoms with E-state index in [9.17, 15) is 4.79 Å². The van der Waals surface area contributed by atoms with E-state index in [0.717, 1.165) is 54.4 Å². The van der Waals surface area contributed by atoms with Crippen molar-refractivity contribution < 1.29 is 4.79 Å². The summed E-state index contributed by atoms with van der Waals surface area (Å²) in [6.07, 6.45) is 7.89. The second-order valence-electron chi connectivity index (χ2n) is 8.39. The van der Waals surface area contributed by atoms with E-state index in [1.807, 2.05) is 38.4 Å². The number of nitrogens with zero attached hydrogens (tertiary/aromatic N) is 2. The van der Waals surface area contributed by atoms with Crippen LogP contribution in [0.5, 0.6) is 0 Å². The standard InChI is InChI=1S/C25H29N3O/c1-28(2)23-20-13-7-8-14-21(20)26-18-22(23)27-24(29)25(15-9-4-10-16-25)17-19-11-5-3-6-12-19/h3,5-8,11-14,18H,4,9-10,15-17H2,1-2H3,(H,27,29). The first-order valence-corrected chi connectivity index (χ1v) is 10.5. The van der Waals surface area contributed by atoms with Crippen LogP contribution in [-0.4, -0.2) is 25.0 Å². The van der Waals surface area contributed by atoms with E-state index < -0.39 is 0 Å². The van der Waals surface area contributed by atoms with Crippen LogP contribution in [-0.2, 0) is 11.2 Å². The summed E-state index contributed by atoms with van der Waals surface area (Å²) < 4.78 is 0. The van der Waals surface area contributed by atoms with Gasteiger partial charge in [0.2, 0.25) is 5.91 Å². The molecule has 0 unspecified atom stereocenters. The molecule has 3 aromatic rings. The smallest absolute Gasteiger partial charge is 0.231 e. The van der Waals surface area contributed by atoms with E-state index in [1.54, 1.807) is 6.20 Å². The van der Waals surface area contributed by atoms with Gasteiger partial charge in [0, 0.05) is 19.5 Å². The average Bonchev–Trinajstić information content (AvgIpc) is 2.74. The van der Waals surface area contributed by atoms with Crippen LogP contribution in [0.15, 0.2) is 60.8 Å². The molecular weight excluding hydrogens is 358 g/mol. The molecule has 1 aromatic heterocycles. The predicted molar refractivity (Wildman–Crippen MR) is 120 cm³/mol. The number of benzene rings is 2. The summed E-state index contributed by atoms with van der Waals surface area (Å²) in [4.78, 5) is 20.3. The summed E-state index contributed by atoms with van der Waals surface area (Å²) >= 11 is 0. The molecule has 4 nitrogen and oxygen atoms in total. The van der Waals surface area contributed by atoms with Crippen molar-refractivity contribution in [3.63, 3.8) is 0 Å². The minimum Gasteiger partial charge on any atom is -0.375 e. The number of anilines is 2. The highest BCUT2D eigenvalue weighted by molar-refractivity contribution is 6.04. The van der Waals surface area contributed by atoms with Crippen molar-refractivity contribution in [3.8, 4) is 0 Å². The second kappa shape index (κ2) is 8.24. The third-order valence-corrected chi connectivity index (χ3v) is 6.12. The summed E-state index contributed by atoms with van der Waals surface area (Å²) in [5, 5.41) is 4.32. The molecule has 0 spiro atoms. The van der Waals surface area contributed by atoms with Crippen molar-refractivity contribution in [2.24, 2.45) is 5.41 Å². The molecule has 1 N–H and O–H groups in total. The molecule has 1 heterocycles. The zero-order valence-corrected chi connectivity index (χ0v) is 17.3. The van der Waals surface area contributed by atoms with Crippen molar-refractivity contribution in [1.82, 2.24) is 4.98 Å². The lowest BCUT2D eigenvalue weighted by atomic mass is 9.69. The lowest BCUT2D eigenvalue weighted by Crippen LogP contribution is -2.40. The van der Waals surface area contributed by atoms with Gasteiger partial charge in [0.15, 0.2) is 0 Å². The topological polar surface area (TPSA) is 45.2 Å². The number of fused-ring (bicyclic) bond motifs is 1. The molecule has 0 bridgehead atoms. The molecule has 1 fully saturated rings. The third-order valence-electron chi connectivity index (χ3n) is 6.12. The Labute approximate surface area is 173 Å². The molecule has 29 heavy (non-hydrogen) atoms. The number of rotatable bonds is 5. The fourth-order valence-electron chi connectivity index (χ4n) is 4.65. The third kappa shape index (κ3) is 3.98. The summed E-state index contributed by atoms with van der Waals surface area (Å²) in [6, 6.07) is 18.5. The molecule has 0 saturated heterocycles. The normalized spacial score (nSPS) is 15.8. The van der Waals surface area contributed by atoms with Crippen LogP contribution >= 0.6 is 0 Å². The lowest BCUT2D eigenvalue weighted by molar-refractivity contribution is -0.127. The molecule has 0 aliphatic heterocycles. The Morgan fingerprint density at radius 3 is 2.41 bits per heavy atom. The number of aromatic nitrogens is 1. The van der Waals surface area contributed by atoms with Gasteiger partial charge in [0.1, 0.15) is 0 Å². The lowest BCUT2D eigenvalue weighted by Gasteiger charge is -2.36. The molecule has 1 saturated carbocycles. The van der Waals surface area contributed by atoms with Crippen molar-refractivity contribution >= 4 is 28.2 Å². The number of pyridine rings is 1. The van der Waals surface area contributed by atoms with Gasteiger partial charge in [-0.1, -0.05) is 67.8 Å². The Balaban J connectivity index is 1.68. The van der Waals surface area contributed by atoms with Crippen LogP contribution in [0.2, 0.25) is 0 Å². The Bertz CT molecular complexity index is 991. The largest absolute Gasteiger partial charge is 0.375 e. The fourth-order valence-corrected chi connectivity index (χ4v) is 4.65. The minimum atomic E-state index is -0.352. The van der Waals surface area contributed by atoms with Crippen molar-refractivity contribution in [3.05, 3.63) is 66.4 Å². The van der Waals surface area contributed by atoms with Crippen molar-refractivity contribution in [2.45, 2.75) is 38.5 Å². The Morgan fingerprint density at radius 2 is 1.69 bits per heavy atom. The maximum Gasteiger partial charge on any atom is 0.231 e. The van der Waals surface area contributed by atoms with Gasteiger partial charge in [-0.2, -0.15) is 0 Å². The maximum atomic E-state index is 13.6. The zero-order valence-electron chi connectivity index (χ0n) is 17.3. The molecule has 1 amide bonds. The van der Waals surface area contributed by atoms with Gasteiger partial charge in [0.05, 0.1) is 28.5 Å². The van der Waals surface area contributed by atoms with Gasteiger partial charge in [-0.05, 0) is 30.9 Å². The summed E-state index contributed by atoms with van der Waals surface area (Å²) in [5.74, 6) is 0.126. The van der Waals surface area contributed by atoms with Crippen molar-refractivity contribution in [2.75, 3.05) is 24.3 Å². The molecule has 1 aliphatic carbocycles. The highest BCUT2D eigenvalue weighted by Gasteiger charge is 2.39. The SMILES string of the molecule is CN(C)c1c(NC(=O)C2(Cc3ccccc3)CCCCC2)cnc2ccccc12. The van der Waals surface area contributed by atoms with Crippen LogP contribution in [0.4, 0.5) is 11.4 Å². The quantitative estimate of drug-likeness (QED) is 0.635. The van der Waals surface area contributed by atoms with Gasteiger partial charge < -0.3 is 10.2 Å². The van der Waals surface area contributed by atoms with Gasteiger partial charge >= 0.3 is 0 Å². The van der Waals surface area contributed by atoms with Gasteiger partial charge in [-0.25, -0.2) is 0 Å². The number of para-hydroxylation sites is 1. The number of hydrogen-bond donors (Lipinski definition) is 1. The summed E-state index contributed by atoms with van der Waals surface area (Å²) in [6.45, 7) is 0. The highest BCUT2D eigenvalue weighted by Crippen LogP contribution is 2.41. The van der Waals surface area contributed by atoms with Crippen LogP contribution in [0.25, 0.3) is 10.9 Å². The molecule has 0 atom stereocenters. The van der Waals surface area contributed by atoms with Gasteiger partial charge in [-0.15, -0.1) is 0 Å². The van der Waals surface area contributed by atoms with Crippen LogP contribution in [0.3, 0.4) is 0 Å². The number of hydrogen-bond acceptors (Lipinski definition) is 3. The second-order valence-corrected chi connectivity index (χ2v) is 8.39. The number of amides is 1. The molecule has 4 heteroatoms. The van der Waals surface area contributed by atoms with E-state index in [0.29, 0.717) is 0 Å². The zero-order chi connectivity index (χ0) is 20.3. The first-order chi connectivity index (χ1) is 14.1. The van der Waals surface area contributed by atoms with Crippen LogP contribution < -0.4 is 10.2 Å². The van der Waals surface area contributed by atoms with E-state index in [-0.39, 0.29) is 11.3 Å². The monoisotopic (exact) mass is 387 g/mol. The molecule has 150 valence electrons. The summed E-state index contributed by atoms with van der Waals surface area (Å²) in [7, 11) is 4.02. The Kier molecular flexibility index (Phi) is 5.52. The first-order valence-electron chi connectivity index (χ1n) is 10.5. The predicted octanol–water partition coefficient (Wildman–Crippen LogP) is 5.43. The van der Waals surface area contributed by atoms with Crippen LogP contribution in [0, 0.1) is 5.41 Å². The minimum absolute atomic E-state index is 0.126. The number of carbonyl (C=O) groups is 1. The van der Waals surface area contributed by atoms with Crippen molar-refractivity contribution in [1.29, 1.82) is 0 Å².